The highest BCUT2D eigenvalue weighted by atomic mass is 16.2. The van der Waals surface area contributed by atoms with Crippen LogP contribution < -0.4 is 5.32 Å². The van der Waals surface area contributed by atoms with Gasteiger partial charge in [0.1, 0.15) is 0 Å². The molecule has 1 aromatic heterocycles. The first kappa shape index (κ1) is 19.0. The van der Waals surface area contributed by atoms with E-state index in [1.54, 1.807) is 22.7 Å². The molecule has 28 heavy (non-hydrogen) atoms. The van der Waals surface area contributed by atoms with Gasteiger partial charge in [-0.25, -0.2) is 4.79 Å². The number of hydrogen-bond acceptors (Lipinski definition) is 2. The molecule has 3 aliphatic carbocycles. The average molecular weight is 382 g/mol. The number of aryl methyl sites for hydroxylation is 1. The third-order valence-electron chi connectivity index (χ3n) is 7.16. The van der Waals surface area contributed by atoms with Gasteiger partial charge < -0.3 is 10.2 Å². The maximum absolute atomic E-state index is 13.2. The van der Waals surface area contributed by atoms with Crippen molar-refractivity contribution in [3.8, 4) is 0 Å². The van der Waals surface area contributed by atoms with Gasteiger partial charge in [-0.15, -0.1) is 0 Å². The van der Waals surface area contributed by atoms with Crippen LogP contribution in [0.3, 0.4) is 0 Å². The second-order valence-electron chi connectivity index (χ2n) is 8.84. The zero-order valence-electron chi connectivity index (χ0n) is 17.3. The fourth-order valence-corrected chi connectivity index (χ4v) is 5.08. The molecule has 3 saturated carbocycles. The van der Waals surface area contributed by atoms with E-state index >= 15 is 0 Å². The van der Waals surface area contributed by atoms with Crippen molar-refractivity contribution in [2.75, 3.05) is 20.1 Å². The summed E-state index contributed by atoms with van der Waals surface area (Å²) in [5, 5.41) is 4.10. The molecular weight excluding hydrogens is 350 g/mol. The minimum absolute atomic E-state index is 0.0629. The lowest BCUT2D eigenvalue weighted by atomic mass is 9.61. The summed E-state index contributed by atoms with van der Waals surface area (Å²) in [4.78, 5) is 27.6. The molecule has 3 aliphatic rings. The van der Waals surface area contributed by atoms with E-state index in [1.807, 2.05) is 32.0 Å². The maximum Gasteiger partial charge on any atom is 0.328 e. The number of amides is 2. The van der Waals surface area contributed by atoms with Gasteiger partial charge in [-0.3, -0.25) is 9.36 Å². The Morgan fingerprint density at radius 3 is 2.54 bits per heavy atom. The van der Waals surface area contributed by atoms with Crippen LogP contribution in [0.5, 0.6) is 0 Å². The van der Waals surface area contributed by atoms with Gasteiger partial charge in [0.15, 0.2) is 0 Å². The summed E-state index contributed by atoms with van der Waals surface area (Å²) >= 11 is 0. The van der Waals surface area contributed by atoms with Crippen LogP contribution in [-0.4, -0.2) is 41.5 Å². The van der Waals surface area contributed by atoms with Crippen LogP contribution in [0.2, 0.25) is 0 Å². The summed E-state index contributed by atoms with van der Waals surface area (Å²) in [6.45, 7) is 5.31. The van der Waals surface area contributed by atoms with E-state index in [0.29, 0.717) is 12.1 Å². The molecular formula is C23H31N3O2. The molecule has 0 radical (unpaired) electrons. The van der Waals surface area contributed by atoms with E-state index in [0.717, 1.165) is 28.9 Å². The second-order valence-corrected chi connectivity index (χ2v) is 8.84. The van der Waals surface area contributed by atoms with Crippen LogP contribution in [0.15, 0.2) is 24.4 Å². The number of nitrogens with one attached hydrogen (secondary N) is 1. The highest BCUT2D eigenvalue weighted by molar-refractivity contribution is 6.10. The van der Waals surface area contributed by atoms with Crippen molar-refractivity contribution in [1.82, 2.24) is 14.8 Å². The van der Waals surface area contributed by atoms with Gasteiger partial charge in [-0.1, -0.05) is 12.1 Å². The van der Waals surface area contributed by atoms with Crippen molar-refractivity contribution < 1.29 is 9.59 Å². The lowest BCUT2D eigenvalue weighted by Gasteiger charge is -2.46. The Hall–Kier alpha value is -2.30. The minimum atomic E-state index is -0.110. The molecule has 2 bridgehead atoms. The van der Waals surface area contributed by atoms with Gasteiger partial charge in [0.05, 0.1) is 11.1 Å². The van der Waals surface area contributed by atoms with Crippen molar-refractivity contribution in [2.45, 2.75) is 52.4 Å². The van der Waals surface area contributed by atoms with Crippen LogP contribution in [0.4, 0.5) is 4.79 Å². The van der Waals surface area contributed by atoms with Crippen molar-refractivity contribution in [2.24, 2.45) is 11.3 Å². The Morgan fingerprint density at radius 1 is 1.21 bits per heavy atom. The first-order valence-corrected chi connectivity index (χ1v) is 10.6. The normalized spacial score (nSPS) is 23.8. The monoisotopic (exact) mass is 381 g/mol. The number of hydrogen-bond donors (Lipinski definition) is 1. The summed E-state index contributed by atoms with van der Waals surface area (Å²) < 4.78 is 1.62. The Morgan fingerprint density at radius 2 is 1.89 bits per heavy atom. The summed E-state index contributed by atoms with van der Waals surface area (Å²) in [7, 11) is 1.78. The lowest BCUT2D eigenvalue weighted by molar-refractivity contribution is 0.0598. The SMILES string of the molecule is CCN(C)C(=O)n1cc(C(=O)NCC23CCC(CC2)CC3)c2c(C)cccc21. The molecule has 5 rings (SSSR count). The smallest absolute Gasteiger partial charge is 0.328 e. The molecule has 1 heterocycles. The molecule has 0 unspecified atom stereocenters. The second kappa shape index (κ2) is 7.26. The molecule has 3 fully saturated rings. The summed E-state index contributed by atoms with van der Waals surface area (Å²) in [6.07, 6.45) is 9.36. The Kier molecular flexibility index (Phi) is 4.94. The Balaban J connectivity index is 1.62. The van der Waals surface area contributed by atoms with E-state index in [-0.39, 0.29) is 17.4 Å². The van der Waals surface area contributed by atoms with E-state index in [2.05, 4.69) is 5.32 Å². The van der Waals surface area contributed by atoms with E-state index < -0.39 is 0 Å². The number of nitrogens with zero attached hydrogens (tertiary/aromatic N) is 2. The van der Waals surface area contributed by atoms with Crippen molar-refractivity contribution in [3.05, 3.63) is 35.5 Å². The molecule has 1 aromatic carbocycles. The highest BCUT2D eigenvalue weighted by Crippen LogP contribution is 2.49. The molecule has 5 heteroatoms. The van der Waals surface area contributed by atoms with Gasteiger partial charge >= 0.3 is 6.03 Å². The molecule has 150 valence electrons. The van der Waals surface area contributed by atoms with Gasteiger partial charge in [0.2, 0.25) is 0 Å². The Labute approximate surface area is 167 Å². The van der Waals surface area contributed by atoms with Gasteiger partial charge in [0, 0.05) is 31.7 Å². The fraction of sp³-hybridized carbons (Fsp3) is 0.565. The van der Waals surface area contributed by atoms with Crippen molar-refractivity contribution in [3.63, 3.8) is 0 Å². The first-order valence-electron chi connectivity index (χ1n) is 10.6. The van der Waals surface area contributed by atoms with E-state index in [9.17, 15) is 9.59 Å². The third-order valence-corrected chi connectivity index (χ3v) is 7.16. The molecule has 2 aromatic rings. The zero-order chi connectivity index (χ0) is 19.9. The number of fused-ring (bicyclic) bond motifs is 4. The number of carbonyl (C=O) groups excluding carboxylic acids is 2. The fourth-order valence-electron chi connectivity index (χ4n) is 5.08. The molecule has 5 nitrogen and oxygen atoms in total. The Bertz CT molecular complexity index is 892. The van der Waals surface area contributed by atoms with E-state index in [1.165, 1.54) is 38.5 Å². The van der Waals surface area contributed by atoms with Gasteiger partial charge in [0.25, 0.3) is 5.91 Å². The first-order chi connectivity index (χ1) is 13.4. The quantitative estimate of drug-likeness (QED) is 0.843. The van der Waals surface area contributed by atoms with Gasteiger partial charge in [-0.2, -0.15) is 0 Å². The number of rotatable bonds is 4. The predicted molar refractivity (Wildman–Crippen MR) is 112 cm³/mol. The third kappa shape index (κ3) is 3.21. The van der Waals surface area contributed by atoms with Crippen LogP contribution in [0, 0.1) is 18.3 Å². The molecule has 1 N–H and O–H groups in total. The topological polar surface area (TPSA) is 54.3 Å². The molecule has 0 saturated heterocycles. The van der Waals surface area contributed by atoms with Crippen LogP contribution in [-0.2, 0) is 0 Å². The maximum atomic E-state index is 13.2. The average Bonchev–Trinajstić information content (AvgIpc) is 3.13. The molecule has 2 amide bonds. The number of aromatic nitrogens is 1. The highest BCUT2D eigenvalue weighted by Gasteiger charge is 2.40. The van der Waals surface area contributed by atoms with Crippen LogP contribution >= 0.6 is 0 Å². The van der Waals surface area contributed by atoms with Crippen molar-refractivity contribution >= 4 is 22.8 Å². The molecule has 0 aliphatic heterocycles. The zero-order valence-corrected chi connectivity index (χ0v) is 17.3. The number of benzene rings is 1. The summed E-state index contributed by atoms with van der Waals surface area (Å²) in [5.74, 6) is 0.854. The van der Waals surface area contributed by atoms with Crippen LogP contribution in [0.1, 0.15) is 61.4 Å². The minimum Gasteiger partial charge on any atom is -0.351 e. The summed E-state index contributed by atoms with van der Waals surface area (Å²) in [6, 6.07) is 5.75. The number of carbonyl (C=O) groups is 2. The van der Waals surface area contributed by atoms with Gasteiger partial charge in [-0.05, 0) is 75.3 Å². The summed E-state index contributed by atoms with van der Waals surface area (Å²) in [5.41, 5.74) is 2.71. The standard InChI is InChI=1S/C23H31N3O2/c1-4-25(3)22(28)26-14-18(20-16(2)6-5-7-19(20)26)21(27)24-15-23-11-8-17(9-12-23)10-13-23/h5-7,14,17H,4,8-13,15H2,1-3H3,(H,24,27). The molecule has 0 atom stereocenters. The predicted octanol–water partition coefficient (Wildman–Crippen LogP) is 4.57. The van der Waals surface area contributed by atoms with E-state index in [4.69, 9.17) is 0 Å². The van der Waals surface area contributed by atoms with Crippen LogP contribution in [0.25, 0.3) is 10.9 Å². The lowest BCUT2D eigenvalue weighted by Crippen LogP contribution is -2.43. The van der Waals surface area contributed by atoms with Crippen molar-refractivity contribution in [1.29, 1.82) is 0 Å². The molecule has 0 spiro atoms. The largest absolute Gasteiger partial charge is 0.351 e.